The molecule has 2 rings (SSSR count). The van der Waals surface area contributed by atoms with Gasteiger partial charge in [0.25, 0.3) is 0 Å². The highest BCUT2D eigenvalue weighted by Gasteiger charge is 2.01. The fraction of sp³-hybridized carbons (Fsp3) is 0.0625. The topological polar surface area (TPSA) is 66.8 Å². The predicted molar refractivity (Wildman–Crippen MR) is 75.3 cm³/mol. The first kappa shape index (κ1) is 14.0. The Bertz CT molecular complexity index is 597. The SMILES string of the molecule is O=C(C=Cc1ccc(COO)cc1)c1ccc(O)cc1. The Morgan fingerprint density at radius 3 is 2.30 bits per heavy atom. The summed E-state index contributed by atoms with van der Waals surface area (Å²) in [6.45, 7) is 0.135. The molecule has 0 saturated heterocycles. The van der Waals surface area contributed by atoms with Crippen LogP contribution in [0.15, 0.2) is 54.6 Å². The Labute approximate surface area is 116 Å². The van der Waals surface area contributed by atoms with Gasteiger partial charge in [-0.3, -0.25) is 10.1 Å². The number of aromatic hydroxyl groups is 1. The average Bonchev–Trinajstić information content (AvgIpc) is 2.47. The van der Waals surface area contributed by atoms with Crippen LogP contribution in [0.25, 0.3) is 6.08 Å². The van der Waals surface area contributed by atoms with Crippen LogP contribution in [0.2, 0.25) is 0 Å². The second-order valence-corrected chi connectivity index (χ2v) is 4.26. The summed E-state index contributed by atoms with van der Waals surface area (Å²) in [5.74, 6) is -0.0000105. The smallest absolute Gasteiger partial charge is 0.185 e. The maximum absolute atomic E-state index is 11.9. The van der Waals surface area contributed by atoms with Crippen LogP contribution in [0.1, 0.15) is 21.5 Å². The normalized spacial score (nSPS) is 10.8. The van der Waals surface area contributed by atoms with Crippen molar-refractivity contribution < 1.29 is 20.0 Å². The largest absolute Gasteiger partial charge is 0.508 e. The monoisotopic (exact) mass is 270 g/mol. The average molecular weight is 270 g/mol. The van der Waals surface area contributed by atoms with Crippen LogP contribution in [-0.4, -0.2) is 16.1 Å². The van der Waals surface area contributed by atoms with E-state index in [0.717, 1.165) is 11.1 Å². The van der Waals surface area contributed by atoms with E-state index in [0.29, 0.717) is 5.56 Å². The fourth-order valence-electron chi connectivity index (χ4n) is 1.69. The van der Waals surface area contributed by atoms with Crippen molar-refractivity contribution in [2.24, 2.45) is 0 Å². The van der Waals surface area contributed by atoms with Gasteiger partial charge in [0.15, 0.2) is 5.78 Å². The molecule has 102 valence electrons. The van der Waals surface area contributed by atoms with Crippen molar-refractivity contribution in [3.8, 4) is 5.75 Å². The number of phenols is 1. The molecule has 2 aromatic rings. The summed E-state index contributed by atoms with van der Waals surface area (Å²) in [4.78, 5) is 15.9. The summed E-state index contributed by atoms with van der Waals surface area (Å²) in [7, 11) is 0. The number of ketones is 1. The molecule has 2 N–H and O–H groups in total. The Morgan fingerprint density at radius 1 is 1.05 bits per heavy atom. The Morgan fingerprint density at radius 2 is 1.70 bits per heavy atom. The van der Waals surface area contributed by atoms with Crippen LogP contribution < -0.4 is 0 Å². The van der Waals surface area contributed by atoms with Crippen LogP contribution in [0, 0.1) is 0 Å². The van der Waals surface area contributed by atoms with Gasteiger partial charge in [-0.15, -0.1) is 0 Å². The van der Waals surface area contributed by atoms with Crippen LogP contribution in [0.5, 0.6) is 5.75 Å². The molecule has 0 radical (unpaired) electrons. The number of benzene rings is 2. The maximum atomic E-state index is 11.9. The number of phenolic OH excluding ortho intramolecular Hbond substituents is 1. The highest BCUT2D eigenvalue weighted by molar-refractivity contribution is 6.06. The van der Waals surface area contributed by atoms with E-state index < -0.39 is 0 Å². The van der Waals surface area contributed by atoms with E-state index >= 15 is 0 Å². The van der Waals surface area contributed by atoms with E-state index in [1.165, 1.54) is 18.2 Å². The minimum absolute atomic E-state index is 0.132. The van der Waals surface area contributed by atoms with Crippen molar-refractivity contribution in [1.82, 2.24) is 0 Å². The molecule has 0 atom stereocenters. The summed E-state index contributed by atoms with van der Waals surface area (Å²) in [6.07, 6.45) is 3.18. The molecule has 0 aliphatic carbocycles. The van der Waals surface area contributed by atoms with Gasteiger partial charge < -0.3 is 5.11 Å². The van der Waals surface area contributed by atoms with Crippen molar-refractivity contribution in [2.75, 3.05) is 0 Å². The van der Waals surface area contributed by atoms with E-state index in [1.54, 1.807) is 30.3 Å². The zero-order valence-corrected chi connectivity index (χ0v) is 10.7. The molecule has 0 saturated carbocycles. The van der Waals surface area contributed by atoms with Gasteiger partial charge in [0.1, 0.15) is 12.4 Å². The Balaban J connectivity index is 2.04. The number of carbonyl (C=O) groups excluding carboxylic acids is 1. The first-order valence-corrected chi connectivity index (χ1v) is 6.06. The van der Waals surface area contributed by atoms with E-state index in [9.17, 15) is 4.79 Å². The lowest BCUT2D eigenvalue weighted by Gasteiger charge is -1.99. The third kappa shape index (κ3) is 3.78. The quantitative estimate of drug-likeness (QED) is 0.379. The van der Waals surface area contributed by atoms with Gasteiger partial charge in [0.2, 0.25) is 0 Å². The van der Waals surface area contributed by atoms with Crippen molar-refractivity contribution in [3.05, 3.63) is 71.3 Å². The van der Waals surface area contributed by atoms with E-state index in [1.807, 2.05) is 12.1 Å². The molecule has 0 aliphatic rings. The summed E-state index contributed by atoms with van der Waals surface area (Å²) in [6, 6.07) is 13.4. The predicted octanol–water partition coefficient (Wildman–Crippen LogP) is 3.28. The van der Waals surface area contributed by atoms with E-state index in [-0.39, 0.29) is 18.1 Å². The lowest BCUT2D eigenvalue weighted by molar-refractivity contribution is -0.253. The summed E-state index contributed by atoms with van der Waals surface area (Å²) in [5.41, 5.74) is 2.23. The van der Waals surface area contributed by atoms with Gasteiger partial charge in [-0.05, 0) is 41.5 Å². The molecule has 2 aromatic carbocycles. The highest BCUT2D eigenvalue weighted by atomic mass is 17.1. The molecule has 0 amide bonds. The van der Waals surface area contributed by atoms with Gasteiger partial charge in [-0.25, -0.2) is 4.89 Å². The van der Waals surface area contributed by atoms with Crippen molar-refractivity contribution >= 4 is 11.9 Å². The first-order chi connectivity index (χ1) is 9.69. The highest BCUT2D eigenvalue weighted by Crippen LogP contribution is 2.12. The maximum Gasteiger partial charge on any atom is 0.185 e. The standard InChI is InChI=1S/C16H14O4/c17-15-8-6-14(7-9-15)16(18)10-5-12-1-3-13(4-2-12)11-20-19/h1-10,17,19H,11H2. The fourth-order valence-corrected chi connectivity index (χ4v) is 1.69. The number of hydrogen-bond acceptors (Lipinski definition) is 4. The molecule has 4 heteroatoms. The molecule has 0 unspecified atom stereocenters. The number of allylic oxidation sites excluding steroid dienone is 1. The summed E-state index contributed by atoms with van der Waals surface area (Å²) in [5, 5.41) is 17.5. The van der Waals surface area contributed by atoms with Gasteiger partial charge in [-0.1, -0.05) is 30.3 Å². The first-order valence-electron chi connectivity index (χ1n) is 6.06. The zero-order valence-electron chi connectivity index (χ0n) is 10.7. The minimum atomic E-state index is -0.132. The Hall–Kier alpha value is -2.43. The molecule has 0 heterocycles. The minimum Gasteiger partial charge on any atom is -0.508 e. The Kier molecular flexibility index (Phi) is 4.65. The van der Waals surface area contributed by atoms with Crippen LogP contribution in [-0.2, 0) is 11.5 Å². The number of hydrogen-bond donors (Lipinski definition) is 2. The molecule has 0 aromatic heterocycles. The molecule has 20 heavy (non-hydrogen) atoms. The van der Waals surface area contributed by atoms with Crippen LogP contribution >= 0.6 is 0 Å². The zero-order chi connectivity index (χ0) is 14.4. The molecule has 0 spiro atoms. The van der Waals surface area contributed by atoms with E-state index in [4.69, 9.17) is 10.4 Å². The van der Waals surface area contributed by atoms with Crippen molar-refractivity contribution in [3.63, 3.8) is 0 Å². The summed E-state index contributed by atoms with van der Waals surface area (Å²) >= 11 is 0. The number of rotatable bonds is 5. The van der Waals surface area contributed by atoms with Crippen molar-refractivity contribution in [2.45, 2.75) is 6.61 Å². The molecule has 0 fully saturated rings. The van der Waals surface area contributed by atoms with Crippen LogP contribution in [0.4, 0.5) is 0 Å². The lowest BCUT2D eigenvalue weighted by atomic mass is 10.1. The van der Waals surface area contributed by atoms with Gasteiger partial charge >= 0.3 is 0 Å². The second-order valence-electron chi connectivity index (χ2n) is 4.26. The molecular weight excluding hydrogens is 256 g/mol. The van der Waals surface area contributed by atoms with Gasteiger partial charge in [-0.2, -0.15) is 0 Å². The molecule has 0 aliphatic heterocycles. The second kappa shape index (κ2) is 6.65. The van der Waals surface area contributed by atoms with Gasteiger partial charge in [0, 0.05) is 5.56 Å². The van der Waals surface area contributed by atoms with E-state index in [2.05, 4.69) is 4.89 Å². The molecule has 0 bridgehead atoms. The third-order valence-corrected chi connectivity index (χ3v) is 2.79. The van der Waals surface area contributed by atoms with Gasteiger partial charge in [0.05, 0.1) is 0 Å². The lowest BCUT2D eigenvalue weighted by Crippen LogP contribution is -1.93. The third-order valence-electron chi connectivity index (χ3n) is 2.79. The molecule has 4 nitrogen and oxygen atoms in total. The van der Waals surface area contributed by atoms with Crippen molar-refractivity contribution in [1.29, 1.82) is 0 Å². The number of carbonyl (C=O) groups is 1. The summed E-state index contributed by atoms with van der Waals surface area (Å²) < 4.78 is 0. The molecular formula is C16H14O4. The van der Waals surface area contributed by atoms with Crippen LogP contribution in [0.3, 0.4) is 0 Å².